The number of fused-ring (bicyclic) bond motifs is 1. The lowest BCUT2D eigenvalue weighted by atomic mass is 9.71. The number of Topliss-reactive ketones (excluding diaryl/α,β-unsaturated/α-hetero) is 2. The molecule has 0 spiro atoms. The number of halogens is 1. The van der Waals surface area contributed by atoms with Gasteiger partial charge in [-0.1, -0.05) is 78.3 Å². The minimum Gasteiger partial charge on any atom is -0.343 e. The molecule has 0 fully saturated rings. The van der Waals surface area contributed by atoms with Crippen molar-refractivity contribution >= 4 is 34.1 Å². The highest BCUT2D eigenvalue weighted by Gasteiger charge is 2.44. The monoisotopic (exact) mass is 546 g/mol. The molecule has 1 aromatic heterocycles. The smallest absolute Gasteiger partial charge is 0.161 e. The second-order valence-corrected chi connectivity index (χ2v) is 11.5. The van der Waals surface area contributed by atoms with Gasteiger partial charge in [0.25, 0.3) is 0 Å². The SMILES string of the molecule is O=C1CCCC2=C1C(c1cn(Cc3ccccc3Cl)c3ccccc13)C1=C(CCCC1=O)N2Cc1ccccc1. The Morgan fingerprint density at radius 2 is 1.32 bits per heavy atom. The van der Waals surface area contributed by atoms with E-state index in [0.717, 1.165) is 75.3 Å². The molecule has 0 amide bonds. The second kappa shape index (κ2) is 10.3. The van der Waals surface area contributed by atoms with Crippen LogP contribution in [0.1, 0.15) is 61.1 Å². The zero-order valence-electron chi connectivity index (χ0n) is 22.4. The molecule has 0 saturated heterocycles. The van der Waals surface area contributed by atoms with Crippen molar-refractivity contribution in [2.45, 2.75) is 57.5 Å². The van der Waals surface area contributed by atoms with Crippen LogP contribution in [0.15, 0.2) is 108 Å². The molecule has 0 saturated carbocycles. The van der Waals surface area contributed by atoms with Crippen LogP contribution in [0.2, 0.25) is 5.02 Å². The molecule has 0 unspecified atom stereocenters. The summed E-state index contributed by atoms with van der Waals surface area (Å²) in [6.07, 6.45) is 6.64. The summed E-state index contributed by atoms with van der Waals surface area (Å²) in [6, 6.07) is 26.7. The van der Waals surface area contributed by atoms with Crippen LogP contribution in [-0.2, 0) is 22.7 Å². The van der Waals surface area contributed by atoms with Crippen LogP contribution in [0.5, 0.6) is 0 Å². The number of carbonyl (C=O) groups is 2. The van der Waals surface area contributed by atoms with Crippen LogP contribution in [0.4, 0.5) is 0 Å². The fourth-order valence-corrected chi connectivity index (χ4v) is 7.13. The summed E-state index contributed by atoms with van der Waals surface area (Å²) in [5, 5.41) is 1.82. The molecule has 0 bridgehead atoms. The van der Waals surface area contributed by atoms with Gasteiger partial charge in [-0.25, -0.2) is 0 Å². The number of benzene rings is 3. The summed E-state index contributed by atoms with van der Waals surface area (Å²) in [5.41, 5.74) is 8.24. The Kier molecular flexibility index (Phi) is 6.44. The van der Waals surface area contributed by atoms with E-state index in [1.165, 1.54) is 5.56 Å². The van der Waals surface area contributed by atoms with Crippen LogP contribution >= 0.6 is 11.6 Å². The van der Waals surface area contributed by atoms with Crippen molar-refractivity contribution in [1.82, 2.24) is 9.47 Å². The molecule has 200 valence electrons. The predicted octanol–water partition coefficient (Wildman–Crippen LogP) is 7.96. The first-order valence-electron chi connectivity index (χ1n) is 14.3. The molecule has 4 nitrogen and oxygen atoms in total. The molecule has 3 aliphatic rings. The Labute approximate surface area is 239 Å². The van der Waals surface area contributed by atoms with E-state index in [4.69, 9.17) is 11.6 Å². The molecule has 7 rings (SSSR count). The predicted molar refractivity (Wildman–Crippen MR) is 159 cm³/mol. The van der Waals surface area contributed by atoms with E-state index in [9.17, 15) is 9.59 Å². The van der Waals surface area contributed by atoms with Gasteiger partial charge in [-0.3, -0.25) is 9.59 Å². The molecule has 0 radical (unpaired) electrons. The first-order chi connectivity index (χ1) is 19.6. The van der Waals surface area contributed by atoms with Crippen LogP contribution < -0.4 is 0 Å². The summed E-state index contributed by atoms with van der Waals surface area (Å²) < 4.78 is 2.23. The molecule has 4 aromatic rings. The molecule has 2 heterocycles. The third-order valence-electron chi connectivity index (χ3n) is 8.70. The molecule has 3 aromatic carbocycles. The Morgan fingerprint density at radius 3 is 2.02 bits per heavy atom. The van der Waals surface area contributed by atoms with Gasteiger partial charge in [0.15, 0.2) is 11.6 Å². The van der Waals surface area contributed by atoms with E-state index >= 15 is 0 Å². The molecular formula is C35H31ClN2O2. The molecule has 0 atom stereocenters. The van der Waals surface area contributed by atoms with Crippen molar-refractivity contribution in [2.75, 3.05) is 0 Å². The number of allylic oxidation sites excluding steroid dienone is 4. The van der Waals surface area contributed by atoms with Gasteiger partial charge in [-0.05, 0) is 54.5 Å². The number of rotatable bonds is 5. The lowest BCUT2D eigenvalue weighted by Gasteiger charge is -2.44. The average molecular weight is 547 g/mol. The van der Waals surface area contributed by atoms with E-state index in [2.05, 4.69) is 58.1 Å². The number of nitrogens with zero attached hydrogens (tertiary/aromatic N) is 2. The summed E-state index contributed by atoms with van der Waals surface area (Å²) in [5.74, 6) is 0.0179. The Bertz CT molecular complexity index is 1670. The average Bonchev–Trinajstić information content (AvgIpc) is 3.33. The second-order valence-electron chi connectivity index (χ2n) is 11.1. The van der Waals surface area contributed by atoms with Gasteiger partial charge in [-0.2, -0.15) is 0 Å². The van der Waals surface area contributed by atoms with Crippen LogP contribution in [-0.4, -0.2) is 21.0 Å². The summed E-state index contributed by atoms with van der Waals surface area (Å²) in [6.45, 7) is 1.30. The fourth-order valence-electron chi connectivity index (χ4n) is 6.93. The van der Waals surface area contributed by atoms with E-state index in [1.54, 1.807) is 0 Å². The first kappa shape index (κ1) is 25.1. The standard InChI is InChI=1S/C35H31ClN2O2/c36-27-14-6-4-12-24(27)21-37-22-26(25-13-5-7-15-28(25)37)33-34-29(16-8-18-31(34)39)38(20-23-10-2-1-3-11-23)30-17-9-19-32(40)35(30)33/h1-7,10-15,22,33H,8-9,16-21H2. The van der Waals surface area contributed by atoms with Gasteiger partial charge in [0, 0.05) is 76.5 Å². The van der Waals surface area contributed by atoms with Gasteiger partial charge >= 0.3 is 0 Å². The van der Waals surface area contributed by atoms with Gasteiger partial charge in [0.1, 0.15) is 0 Å². The summed E-state index contributed by atoms with van der Waals surface area (Å²) >= 11 is 6.56. The Hall–Kier alpha value is -3.89. The number of aromatic nitrogens is 1. The third-order valence-corrected chi connectivity index (χ3v) is 9.07. The first-order valence-corrected chi connectivity index (χ1v) is 14.6. The highest BCUT2D eigenvalue weighted by molar-refractivity contribution is 6.31. The van der Waals surface area contributed by atoms with Crippen molar-refractivity contribution in [3.63, 3.8) is 0 Å². The number of para-hydroxylation sites is 1. The van der Waals surface area contributed by atoms with Gasteiger partial charge in [-0.15, -0.1) is 0 Å². The maximum Gasteiger partial charge on any atom is 0.161 e. The highest BCUT2D eigenvalue weighted by Crippen LogP contribution is 2.51. The summed E-state index contributed by atoms with van der Waals surface area (Å²) in [4.78, 5) is 30.0. The molecule has 0 N–H and O–H groups in total. The normalized spacial score (nSPS) is 18.0. The van der Waals surface area contributed by atoms with Crippen LogP contribution in [0.25, 0.3) is 10.9 Å². The van der Waals surface area contributed by atoms with E-state index < -0.39 is 0 Å². The highest BCUT2D eigenvalue weighted by atomic mass is 35.5. The minimum atomic E-state index is -0.338. The van der Waals surface area contributed by atoms with Crippen molar-refractivity contribution in [2.24, 2.45) is 0 Å². The molecule has 5 heteroatoms. The Balaban J connectivity index is 1.43. The molecule has 1 aliphatic heterocycles. The quantitative estimate of drug-likeness (QED) is 0.255. The van der Waals surface area contributed by atoms with Gasteiger partial charge in [0.05, 0.1) is 0 Å². The van der Waals surface area contributed by atoms with Crippen molar-refractivity contribution in [1.29, 1.82) is 0 Å². The topological polar surface area (TPSA) is 42.3 Å². The molecular weight excluding hydrogens is 516 g/mol. The van der Waals surface area contributed by atoms with Crippen molar-refractivity contribution in [3.8, 4) is 0 Å². The van der Waals surface area contributed by atoms with Crippen molar-refractivity contribution in [3.05, 3.63) is 129 Å². The van der Waals surface area contributed by atoms with E-state index in [0.29, 0.717) is 25.9 Å². The number of hydrogen-bond donors (Lipinski definition) is 0. The fraction of sp³-hybridized carbons (Fsp3) is 0.257. The zero-order chi connectivity index (χ0) is 27.2. The van der Waals surface area contributed by atoms with Crippen LogP contribution in [0.3, 0.4) is 0 Å². The van der Waals surface area contributed by atoms with Crippen molar-refractivity contribution < 1.29 is 9.59 Å². The molecule has 40 heavy (non-hydrogen) atoms. The summed E-state index contributed by atoms with van der Waals surface area (Å²) in [7, 11) is 0. The van der Waals surface area contributed by atoms with E-state index in [-0.39, 0.29) is 17.5 Å². The van der Waals surface area contributed by atoms with Gasteiger partial charge in [0.2, 0.25) is 0 Å². The maximum absolute atomic E-state index is 13.8. The number of ketones is 2. The van der Waals surface area contributed by atoms with E-state index in [1.807, 2.05) is 36.4 Å². The lowest BCUT2D eigenvalue weighted by molar-refractivity contribution is -0.117. The minimum absolute atomic E-state index is 0.178. The zero-order valence-corrected chi connectivity index (χ0v) is 23.2. The Morgan fingerprint density at radius 1 is 0.700 bits per heavy atom. The number of carbonyl (C=O) groups excluding carboxylic acids is 2. The maximum atomic E-state index is 13.8. The lowest BCUT2D eigenvalue weighted by Crippen LogP contribution is -2.38. The number of hydrogen-bond acceptors (Lipinski definition) is 3. The van der Waals surface area contributed by atoms with Crippen LogP contribution in [0, 0.1) is 0 Å². The third kappa shape index (κ3) is 4.22. The van der Waals surface area contributed by atoms with Gasteiger partial charge < -0.3 is 9.47 Å². The largest absolute Gasteiger partial charge is 0.343 e. The molecule has 2 aliphatic carbocycles.